The maximum Gasteiger partial charge on any atom is 0.319 e. The second-order valence-corrected chi connectivity index (χ2v) is 5.45. The molecule has 0 aliphatic heterocycles. The van der Waals surface area contributed by atoms with Gasteiger partial charge in [0, 0.05) is 12.2 Å². The highest BCUT2D eigenvalue weighted by Gasteiger charge is 2.08. The zero-order valence-electron chi connectivity index (χ0n) is 14.9. The van der Waals surface area contributed by atoms with Crippen LogP contribution in [-0.4, -0.2) is 39.2 Å². The Morgan fingerprint density at radius 3 is 2.42 bits per heavy atom. The quantitative estimate of drug-likeness (QED) is 0.676. The summed E-state index contributed by atoms with van der Waals surface area (Å²) in [5, 5.41) is 7.92. The molecule has 3 amide bonds. The van der Waals surface area contributed by atoms with Crippen molar-refractivity contribution in [1.29, 1.82) is 0 Å². The molecular weight excluding hydrogens is 334 g/mol. The number of amides is 3. The van der Waals surface area contributed by atoms with Crippen LogP contribution in [0.15, 0.2) is 48.5 Å². The number of hydrogen-bond acceptors (Lipinski definition) is 4. The fourth-order valence-corrected chi connectivity index (χ4v) is 2.33. The van der Waals surface area contributed by atoms with Gasteiger partial charge < -0.3 is 25.4 Å². The minimum absolute atomic E-state index is 0.103. The first-order chi connectivity index (χ1) is 12.6. The minimum Gasteiger partial charge on any atom is -0.497 e. The molecular formula is C19H23N3O4. The third kappa shape index (κ3) is 6.01. The molecule has 7 nitrogen and oxygen atoms in total. The smallest absolute Gasteiger partial charge is 0.319 e. The highest BCUT2D eigenvalue weighted by Crippen LogP contribution is 2.24. The largest absolute Gasteiger partial charge is 0.497 e. The van der Waals surface area contributed by atoms with Crippen LogP contribution in [-0.2, 0) is 11.2 Å². The van der Waals surface area contributed by atoms with Crippen LogP contribution in [0, 0.1) is 0 Å². The molecule has 2 rings (SSSR count). The summed E-state index contributed by atoms with van der Waals surface area (Å²) in [7, 11) is 3.19. The molecule has 0 aliphatic rings. The number of nitrogens with one attached hydrogen (secondary N) is 3. The number of methoxy groups -OCH3 is 2. The maximum absolute atomic E-state index is 11.9. The van der Waals surface area contributed by atoms with Crippen LogP contribution in [0.3, 0.4) is 0 Å². The van der Waals surface area contributed by atoms with E-state index in [4.69, 9.17) is 9.47 Å². The summed E-state index contributed by atoms with van der Waals surface area (Å²) in [4.78, 5) is 23.6. The zero-order chi connectivity index (χ0) is 18.8. The van der Waals surface area contributed by atoms with Gasteiger partial charge in [-0.2, -0.15) is 0 Å². The summed E-state index contributed by atoms with van der Waals surface area (Å²) in [6.45, 7) is 0.318. The van der Waals surface area contributed by atoms with Crippen LogP contribution in [0.1, 0.15) is 5.56 Å². The molecule has 0 heterocycles. The summed E-state index contributed by atoms with van der Waals surface area (Å²) in [5.74, 6) is 1.20. The van der Waals surface area contributed by atoms with Crippen molar-refractivity contribution in [3.63, 3.8) is 0 Å². The van der Waals surface area contributed by atoms with Crippen molar-refractivity contribution in [2.75, 3.05) is 32.6 Å². The number of hydrogen-bond donors (Lipinski definition) is 3. The first-order valence-electron chi connectivity index (χ1n) is 8.20. The topological polar surface area (TPSA) is 88.7 Å². The highest BCUT2D eigenvalue weighted by atomic mass is 16.5. The molecule has 0 bridgehead atoms. The maximum atomic E-state index is 11.9. The fourth-order valence-electron chi connectivity index (χ4n) is 2.33. The van der Waals surface area contributed by atoms with Crippen molar-refractivity contribution < 1.29 is 19.1 Å². The molecule has 0 fully saturated rings. The molecule has 138 valence electrons. The molecule has 0 saturated heterocycles. The van der Waals surface area contributed by atoms with Crippen LogP contribution in [0.2, 0.25) is 0 Å². The Balaban J connectivity index is 1.73. The number of carbonyl (C=O) groups is 2. The number of ether oxygens (including phenoxy) is 2. The van der Waals surface area contributed by atoms with Crippen LogP contribution >= 0.6 is 0 Å². The van der Waals surface area contributed by atoms with E-state index >= 15 is 0 Å². The van der Waals surface area contributed by atoms with Gasteiger partial charge >= 0.3 is 6.03 Å². The molecule has 2 aromatic rings. The normalized spacial score (nSPS) is 9.92. The molecule has 0 radical (unpaired) electrons. The van der Waals surface area contributed by atoms with E-state index in [-0.39, 0.29) is 12.5 Å². The van der Waals surface area contributed by atoms with Crippen molar-refractivity contribution in [1.82, 2.24) is 10.6 Å². The van der Waals surface area contributed by atoms with E-state index in [2.05, 4.69) is 16.0 Å². The van der Waals surface area contributed by atoms with E-state index in [1.807, 2.05) is 36.4 Å². The van der Waals surface area contributed by atoms with Crippen molar-refractivity contribution in [2.24, 2.45) is 0 Å². The molecule has 0 spiro atoms. The third-order valence-corrected chi connectivity index (χ3v) is 3.65. The van der Waals surface area contributed by atoms with Gasteiger partial charge in [-0.1, -0.05) is 18.2 Å². The van der Waals surface area contributed by atoms with Crippen LogP contribution in [0.25, 0.3) is 0 Å². The lowest BCUT2D eigenvalue weighted by molar-refractivity contribution is -0.120. The first-order valence-corrected chi connectivity index (χ1v) is 8.20. The Bertz CT molecular complexity index is 735. The number of carbonyl (C=O) groups excluding carboxylic acids is 2. The Hall–Kier alpha value is -3.22. The minimum atomic E-state index is -0.430. The molecule has 0 aromatic heterocycles. The summed E-state index contributed by atoms with van der Waals surface area (Å²) in [6, 6.07) is 14.1. The average Bonchev–Trinajstić information content (AvgIpc) is 2.67. The van der Waals surface area contributed by atoms with E-state index in [0.29, 0.717) is 18.7 Å². The first kappa shape index (κ1) is 19.1. The van der Waals surface area contributed by atoms with E-state index < -0.39 is 6.03 Å². The van der Waals surface area contributed by atoms with Gasteiger partial charge in [0.05, 0.1) is 20.8 Å². The van der Waals surface area contributed by atoms with Crippen molar-refractivity contribution in [2.45, 2.75) is 6.42 Å². The van der Waals surface area contributed by atoms with Crippen LogP contribution in [0.4, 0.5) is 10.5 Å². The summed E-state index contributed by atoms with van der Waals surface area (Å²) >= 11 is 0. The van der Waals surface area contributed by atoms with Crippen LogP contribution in [0.5, 0.6) is 11.5 Å². The van der Waals surface area contributed by atoms with E-state index in [1.165, 1.54) is 0 Å². The number of rotatable bonds is 8. The SMILES string of the molecule is COc1ccc(OC)c(CCNC(=O)CNC(=O)Nc2ccccc2)c1. The standard InChI is InChI=1S/C19H23N3O4/c1-25-16-8-9-17(26-2)14(12-16)10-11-20-18(23)13-21-19(24)22-15-6-4-3-5-7-15/h3-9,12H,10-11,13H2,1-2H3,(H,20,23)(H2,21,22,24). The van der Waals surface area contributed by atoms with Gasteiger partial charge in [-0.25, -0.2) is 4.79 Å². The fraction of sp³-hybridized carbons (Fsp3) is 0.263. The average molecular weight is 357 g/mol. The summed E-state index contributed by atoms with van der Waals surface area (Å²) in [5.41, 5.74) is 1.59. The van der Waals surface area contributed by atoms with Gasteiger partial charge in [-0.05, 0) is 42.3 Å². The molecule has 0 unspecified atom stereocenters. The molecule has 0 saturated carbocycles. The van der Waals surface area contributed by atoms with Crippen molar-refractivity contribution in [3.8, 4) is 11.5 Å². The molecule has 0 aliphatic carbocycles. The Labute approximate surface area is 152 Å². The van der Waals surface area contributed by atoms with Crippen molar-refractivity contribution in [3.05, 3.63) is 54.1 Å². The molecule has 3 N–H and O–H groups in total. The van der Waals surface area contributed by atoms with Gasteiger partial charge in [-0.15, -0.1) is 0 Å². The molecule has 26 heavy (non-hydrogen) atoms. The van der Waals surface area contributed by atoms with Crippen molar-refractivity contribution >= 4 is 17.6 Å². The van der Waals surface area contributed by atoms with E-state index in [1.54, 1.807) is 26.4 Å². The third-order valence-electron chi connectivity index (χ3n) is 3.65. The second kappa shape index (κ2) is 9.93. The highest BCUT2D eigenvalue weighted by molar-refractivity contribution is 5.92. The van der Waals surface area contributed by atoms with E-state index in [0.717, 1.165) is 17.1 Å². The van der Waals surface area contributed by atoms with Crippen LogP contribution < -0.4 is 25.4 Å². The van der Waals surface area contributed by atoms with E-state index in [9.17, 15) is 9.59 Å². The summed E-state index contributed by atoms with van der Waals surface area (Å²) in [6.07, 6.45) is 0.586. The molecule has 2 aromatic carbocycles. The van der Waals surface area contributed by atoms with Gasteiger partial charge in [0.25, 0.3) is 0 Å². The van der Waals surface area contributed by atoms with Gasteiger partial charge in [-0.3, -0.25) is 4.79 Å². The Kier molecular flexibility index (Phi) is 7.30. The summed E-state index contributed by atoms with van der Waals surface area (Å²) < 4.78 is 10.5. The Morgan fingerprint density at radius 2 is 1.73 bits per heavy atom. The number of urea groups is 1. The monoisotopic (exact) mass is 357 g/mol. The Morgan fingerprint density at radius 1 is 0.962 bits per heavy atom. The lowest BCUT2D eigenvalue weighted by atomic mass is 10.1. The molecule has 0 atom stereocenters. The second-order valence-electron chi connectivity index (χ2n) is 5.45. The van der Waals surface area contributed by atoms with Gasteiger partial charge in [0.2, 0.25) is 5.91 Å². The van der Waals surface area contributed by atoms with Gasteiger partial charge in [0.15, 0.2) is 0 Å². The van der Waals surface area contributed by atoms with Gasteiger partial charge in [0.1, 0.15) is 11.5 Å². The zero-order valence-corrected chi connectivity index (χ0v) is 14.9. The number of benzene rings is 2. The number of para-hydroxylation sites is 1. The number of anilines is 1. The lowest BCUT2D eigenvalue weighted by Gasteiger charge is -2.11. The lowest BCUT2D eigenvalue weighted by Crippen LogP contribution is -2.39. The molecule has 7 heteroatoms. The predicted octanol–water partition coefficient (Wildman–Crippen LogP) is 2.18. The predicted molar refractivity (Wildman–Crippen MR) is 99.7 cm³/mol.